The van der Waals surface area contributed by atoms with Crippen LogP contribution >= 0.6 is 0 Å². The highest BCUT2D eigenvalue weighted by atomic mass is 19.3. The monoisotopic (exact) mass is 732 g/mol. The highest BCUT2D eigenvalue weighted by molar-refractivity contribution is 6.03. The van der Waals surface area contributed by atoms with E-state index in [1.807, 2.05) is 4.90 Å². The molecule has 9 nitrogen and oxygen atoms in total. The van der Waals surface area contributed by atoms with Crippen molar-refractivity contribution in [1.29, 1.82) is 0 Å². The van der Waals surface area contributed by atoms with Crippen LogP contribution in [-0.4, -0.2) is 99.3 Å². The van der Waals surface area contributed by atoms with Crippen LogP contribution in [0.25, 0.3) is 32.9 Å². The quantitative estimate of drug-likeness (QED) is 0.184. The van der Waals surface area contributed by atoms with Gasteiger partial charge in [-0.3, -0.25) is 14.7 Å². The minimum atomic E-state index is -2.94. The molecule has 9 rings (SSSR count). The SMILES string of the molecule is C#Cc1c(F)ccc2cc(O)cc(-c3ncc4c(N5CCCCC6(CN(C(=O)[C@@H]7CC7(F)F)C6)C5)nc(OC[C@@]56CCCN5C[C@H](F)C6)nc4c3F)c12. The normalized spacial score (nSPS) is 26.0. The Kier molecular flexibility index (Phi) is 7.79. The van der Waals surface area contributed by atoms with Gasteiger partial charge in [-0.1, -0.05) is 18.4 Å². The van der Waals surface area contributed by atoms with Gasteiger partial charge in [0.25, 0.3) is 5.92 Å². The molecule has 1 spiro atoms. The maximum Gasteiger partial charge on any atom is 0.319 e. The molecule has 53 heavy (non-hydrogen) atoms. The smallest absolute Gasteiger partial charge is 0.319 e. The van der Waals surface area contributed by atoms with Crippen LogP contribution in [0.3, 0.4) is 0 Å². The van der Waals surface area contributed by atoms with Gasteiger partial charge in [0.1, 0.15) is 47.3 Å². The average molecular weight is 733 g/mol. The molecule has 2 aromatic heterocycles. The van der Waals surface area contributed by atoms with Gasteiger partial charge >= 0.3 is 6.01 Å². The lowest BCUT2D eigenvalue weighted by Gasteiger charge is -2.51. The number of aromatic hydroxyl groups is 1. The van der Waals surface area contributed by atoms with Gasteiger partial charge in [-0.2, -0.15) is 9.97 Å². The molecule has 2 aromatic carbocycles. The Labute approximate surface area is 302 Å². The van der Waals surface area contributed by atoms with Crippen molar-refractivity contribution in [2.75, 3.05) is 50.8 Å². The van der Waals surface area contributed by atoms with E-state index in [4.69, 9.17) is 16.1 Å². The standard InChI is InChI=1S/C39H37F5N6O3/c1-2-25-29(41)7-6-22-12-24(51)13-26(30(22)25)32-31(42)33-27(16-45-32)34(47-36(46-33)53-21-38-9-5-11-50(38)17-23(40)14-38)48-10-4-3-8-37(18-48)19-49(20-37)35(52)28-15-39(28,43)44/h1,6-7,12-13,16,23,28,51H,3-5,8-11,14-15,17-21H2/t23-,28+,38+/m1/s1. The average Bonchev–Trinajstić information content (AvgIpc) is 3.54. The van der Waals surface area contributed by atoms with Gasteiger partial charge in [-0.25, -0.2) is 22.0 Å². The number of halogens is 5. The van der Waals surface area contributed by atoms with E-state index in [1.165, 1.54) is 35.4 Å². The van der Waals surface area contributed by atoms with Crippen molar-refractivity contribution in [2.45, 2.75) is 62.6 Å². The minimum absolute atomic E-state index is 0.0732. The number of benzene rings is 2. The number of terminal acetylenes is 1. The van der Waals surface area contributed by atoms with E-state index in [1.54, 1.807) is 0 Å². The molecule has 1 aliphatic carbocycles. The van der Waals surface area contributed by atoms with Crippen LogP contribution in [0.15, 0.2) is 30.5 Å². The van der Waals surface area contributed by atoms with Crippen LogP contribution in [0, 0.1) is 35.3 Å². The lowest BCUT2D eigenvalue weighted by molar-refractivity contribution is -0.147. The number of anilines is 1. The zero-order valence-corrected chi connectivity index (χ0v) is 28.9. The summed E-state index contributed by atoms with van der Waals surface area (Å²) >= 11 is 0. The topological polar surface area (TPSA) is 94.9 Å². The van der Waals surface area contributed by atoms with Crippen molar-refractivity contribution in [3.63, 3.8) is 0 Å². The molecule has 4 aliphatic heterocycles. The Morgan fingerprint density at radius 3 is 2.64 bits per heavy atom. The summed E-state index contributed by atoms with van der Waals surface area (Å²) in [5, 5.41) is 11.5. The zero-order chi connectivity index (χ0) is 36.9. The number of hydrogen-bond acceptors (Lipinski definition) is 8. The molecule has 6 heterocycles. The number of ether oxygens (including phenoxy) is 1. The molecule has 0 radical (unpaired) electrons. The summed E-state index contributed by atoms with van der Waals surface area (Å²) in [4.78, 5) is 32.2. The first-order valence-corrected chi connectivity index (χ1v) is 18.1. The number of aromatic nitrogens is 3. The van der Waals surface area contributed by atoms with E-state index in [0.29, 0.717) is 50.3 Å². The molecule has 1 saturated carbocycles. The number of alkyl halides is 3. The number of fused-ring (bicyclic) bond motifs is 3. The van der Waals surface area contributed by atoms with E-state index in [9.17, 15) is 27.5 Å². The number of nitrogens with zero attached hydrogens (tertiary/aromatic N) is 6. The number of carbonyl (C=O) groups is 1. The number of amides is 1. The second-order valence-electron chi connectivity index (χ2n) is 15.6. The first-order chi connectivity index (χ1) is 25.4. The van der Waals surface area contributed by atoms with Gasteiger partial charge in [-0.05, 0) is 55.8 Å². The van der Waals surface area contributed by atoms with E-state index < -0.39 is 47.5 Å². The first-order valence-electron chi connectivity index (χ1n) is 18.1. The fourth-order valence-electron chi connectivity index (χ4n) is 9.34. The fourth-order valence-corrected chi connectivity index (χ4v) is 9.34. The van der Waals surface area contributed by atoms with E-state index in [0.717, 1.165) is 38.6 Å². The Bertz CT molecular complexity index is 2220. The zero-order valence-electron chi connectivity index (χ0n) is 28.9. The molecule has 3 atom stereocenters. The summed E-state index contributed by atoms with van der Waals surface area (Å²) in [7, 11) is 0. The Morgan fingerprint density at radius 1 is 1.06 bits per heavy atom. The highest BCUT2D eigenvalue weighted by Crippen LogP contribution is 2.52. The Hall–Kier alpha value is -4.77. The van der Waals surface area contributed by atoms with Crippen molar-refractivity contribution < 1.29 is 36.6 Å². The van der Waals surface area contributed by atoms with Crippen molar-refractivity contribution in [3.05, 3.63) is 47.7 Å². The molecule has 14 heteroatoms. The summed E-state index contributed by atoms with van der Waals surface area (Å²) in [5.74, 6) is -3.77. The fraction of sp³-hybridized carbons (Fsp3) is 0.487. The van der Waals surface area contributed by atoms with Crippen molar-refractivity contribution in [3.8, 4) is 35.4 Å². The number of pyridine rings is 1. The van der Waals surface area contributed by atoms with Crippen LogP contribution in [0.1, 0.15) is 50.5 Å². The molecular weight excluding hydrogens is 695 g/mol. The predicted octanol–water partition coefficient (Wildman–Crippen LogP) is 6.24. The second kappa shape index (κ2) is 12.1. The van der Waals surface area contributed by atoms with Crippen LogP contribution < -0.4 is 9.64 Å². The number of carbonyl (C=O) groups excluding carboxylic acids is 1. The van der Waals surface area contributed by atoms with Gasteiger partial charge < -0.3 is 19.6 Å². The first kappa shape index (κ1) is 34.0. The minimum Gasteiger partial charge on any atom is -0.508 e. The van der Waals surface area contributed by atoms with Crippen molar-refractivity contribution in [1.82, 2.24) is 24.8 Å². The van der Waals surface area contributed by atoms with Crippen molar-refractivity contribution >= 4 is 33.4 Å². The van der Waals surface area contributed by atoms with Crippen LogP contribution in [0.5, 0.6) is 11.8 Å². The van der Waals surface area contributed by atoms with Crippen molar-refractivity contribution in [2.24, 2.45) is 11.3 Å². The molecule has 5 aliphatic rings. The molecule has 4 saturated heterocycles. The number of phenols is 1. The summed E-state index contributed by atoms with van der Waals surface area (Å²) in [6, 6.07) is 5.20. The molecular formula is C39H37F5N6O3. The maximum atomic E-state index is 17.1. The van der Waals surface area contributed by atoms with E-state index in [-0.39, 0.29) is 56.9 Å². The lowest BCUT2D eigenvalue weighted by atomic mass is 9.75. The molecule has 4 aromatic rings. The molecule has 276 valence electrons. The molecule has 1 amide bonds. The maximum absolute atomic E-state index is 17.1. The third kappa shape index (κ3) is 5.61. The summed E-state index contributed by atoms with van der Waals surface area (Å²) < 4.78 is 80.3. The molecule has 0 unspecified atom stereocenters. The van der Waals surface area contributed by atoms with Crippen LogP contribution in [-0.2, 0) is 4.79 Å². The van der Waals surface area contributed by atoms with Gasteiger partial charge in [0.05, 0.1) is 16.5 Å². The van der Waals surface area contributed by atoms with E-state index >= 15 is 4.39 Å². The summed E-state index contributed by atoms with van der Waals surface area (Å²) in [5.41, 5.74) is -1.28. The highest BCUT2D eigenvalue weighted by Gasteiger charge is 2.64. The molecule has 0 bridgehead atoms. The van der Waals surface area contributed by atoms with Crippen LogP contribution in [0.2, 0.25) is 0 Å². The molecule has 1 N–H and O–H groups in total. The molecule has 5 fully saturated rings. The predicted molar refractivity (Wildman–Crippen MR) is 186 cm³/mol. The van der Waals surface area contributed by atoms with E-state index in [2.05, 4.69) is 20.8 Å². The lowest BCUT2D eigenvalue weighted by Crippen LogP contribution is -2.62. The second-order valence-corrected chi connectivity index (χ2v) is 15.6. The number of rotatable bonds is 6. The Balaban J connectivity index is 1.13. The van der Waals surface area contributed by atoms with Gasteiger partial charge in [0.15, 0.2) is 5.82 Å². The number of hydrogen-bond donors (Lipinski definition) is 1. The largest absolute Gasteiger partial charge is 0.508 e. The van der Waals surface area contributed by atoms with Crippen LogP contribution in [0.4, 0.5) is 27.8 Å². The summed E-state index contributed by atoms with van der Waals surface area (Å²) in [6.45, 7) is 2.81. The van der Waals surface area contributed by atoms with Gasteiger partial charge in [-0.15, -0.1) is 6.42 Å². The third-order valence-electron chi connectivity index (χ3n) is 12.0. The summed E-state index contributed by atoms with van der Waals surface area (Å²) in [6.07, 6.45) is 10.1. The van der Waals surface area contributed by atoms with Gasteiger partial charge in [0.2, 0.25) is 5.91 Å². The van der Waals surface area contributed by atoms with Gasteiger partial charge in [0, 0.05) is 68.1 Å². The number of likely N-dealkylation sites (tertiary alicyclic amines) is 1. The third-order valence-corrected chi connectivity index (χ3v) is 12.0. The number of phenolic OH excluding ortho intramolecular Hbond substituents is 1. The Morgan fingerprint density at radius 2 is 1.87 bits per heavy atom.